The molecule has 2 aliphatic carbocycles. The van der Waals surface area contributed by atoms with Crippen LogP contribution in [0.3, 0.4) is 0 Å². The molecule has 0 amide bonds. The molecule has 0 aliphatic heterocycles. The number of benzene rings is 1. The van der Waals surface area contributed by atoms with Crippen LogP contribution in [-0.2, 0) is 4.74 Å². The average Bonchev–Trinajstić information content (AvgIpc) is 2.92. The molecule has 2 nitrogen and oxygen atoms in total. The highest BCUT2D eigenvalue weighted by atomic mass is 127. The number of rotatable bonds is 4. The van der Waals surface area contributed by atoms with Gasteiger partial charge in [0, 0.05) is 27.3 Å². The first-order valence-corrected chi connectivity index (χ1v) is 8.47. The van der Waals surface area contributed by atoms with Gasteiger partial charge in [0.05, 0.1) is 6.10 Å². The molecule has 0 aromatic heterocycles. The highest BCUT2D eigenvalue weighted by molar-refractivity contribution is 14.1. The largest absolute Gasteiger partial charge is 0.381 e. The molecule has 1 aromatic carbocycles. The van der Waals surface area contributed by atoms with Gasteiger partial charge in [-0.15, -0.1) is 0 Å². The third-order valence-electron chi connectivity index (χ3n) is 4.89. The van der Waals surface area contributed by atoms with Crippen molar-refractivity contribution >= 4 is 28.3 Å². The van der Waals surface area contributed by atoms with Gasteiger partial charge in [-0.25, -0.2) is 0 Å². The summed E-state index contributed by atoms with van der Waals surface area (Å²) >= 11 is 2.41. The van der Waals surface area contributed by atoms with Gasteiger partial charge in [0.15, 0.2) is 0 Å². The van der Waals surface area contributed by atoms with Crippen molar-refractivity contribution < 1.29 is 4.74 Å². The Hall–Kier alpha value is -0.290. The average molecular weight is 371 g/mol. The zero-order valence-corrected chi connectivity index (χ0v) is 13.7. The SMILES string of the molecule is CCOC1CC(Nc2ccccc2I)C12CCCC2. The number of para-hydroxylation sites is 1. The van der Waals surface area contributed by atoms with Crippen LogP contribution in [0, 0.1) is 8.99 Å². The lowest BCUT2D eigenvalue weighted by molar-refractivity contribution is -0.114. The zero-order chi connectivity index (χ0) is 13.3. The summed E-state index contributed by atoms with van der Waals surface area (Å²) in [5, 5.41) is 3.78. The van der Waals surface area contributed by atoms with Crippen molar-refractivity contribution in [2.24, 2.45) is 5.41 Å². The van der Waals surface area contributed by atoms with Crippen molar-refractivity contribution in [3.05, 3.63) is 27.8 Å². The summed E-state index contributed by atoms with van der Waals surface area (Å²) < 4.78 is 7.28. The van der Waals surface area contributed by atoms with Crippen LogP contribution in [0.25, 0.3) is 0 Å². The summed E-state index contributed by atoms with van der Waals surface area (Å²) in [5.41, 5.74) is 1.70. The van der Waals surface area contributed by atoms with Crippen LogP contribution < -0.4 is 5.32 Å². The number of anilines is 1. The Labute approximate surface area is 129 Å². The Bertz CT molecular complexity index is 442. The highest BCUT2D eigenvalue weighted by Crippen LogP contribution is 2.55. The fraction of sp³-hybridized carbons (Fsp3) is 0.625. The Morgan fingerprint density at radius 2 is 2.05 bits per heavy atom. The fourth-order valence-electron chi connectivity index (χ4n) is 3.85. The molecule has 1 aromatic rings. The van der Waals surface area contributed by atoms with E-state index in [9.17, 15) is 0 Å². The van der Waals surface area contributed by atoms with E-state index in [1.54, 1.807) is 0 Å². The maximum absolute atomic E-state index is 5.97. The van der Waals surface area contributed by atoms with Gasteiger partial charge < -0.3 is 10.1 Å². The van der Waals surface area contributed by atoms with Gasteiger partial charge in [0.25, 0.3) is 0 Å². The van der Waals surface area contributed by atoms with E-state index < -0.39 is 0 Å². The third kappa shape index (κ3) is 2.40. The topological polar surface area (TPSA) is 21.3 Å². The molecule has 0 heterocycles. The van der Waals surface area contributed by atoms with Gasteiger partial charge in [-0.05, 0) is 60.9 Å². The number of ether oxygens (including phenoxy) is 1. The molecule has 1 N–H and O–H groups in total. The molecule has 0 saturated heterocycles. The molecule has 2 saturated carbocycles. The number of nitrogens with one attached hydrogen (secondary N) is 1. The maximum atomic E-state index is 5.97. The third-order valence-corrected chi connectivity index (χ3v) is 5.83. The summed E-state index contributed by atoms with van der Waals surface area (Å²) in [6.07, 6.45) is 7.05. The fourth-order valence-corrected chi connectivity index (χ4v) is 4.40. The van der Waals surface area contributed by atoms with Gasteiger partial charge in [-0.2, -0.15) is 0 Å². The maximum Gasteiger partial charge on any atom is 0.0670 e. The Balaban J connectivity index is 1.74. The van der Waals surface area contributed by atoms with E-state index in [2.05, 4.69) is 59.1 Å². The summed E-state index contributed by atoms with van der Waals surface area (Å²) in [7, 11) is 0. The molecular weight excluding hydrogens is 349 g/mol. The smallest absolute Gasteiger partial charge is 0.0670 e. The number of halogens is 1. The van der Waals surface area contributed by atoms with Crippen molar-refractivity contribution in [3.63, 3.8) is 0 Å². The van der Waals surface area contributed by atoms with Crippen molar-refractivity contribution in [2.75, 3.05) is 11.9 Å². The van der Waals surface area contributed by atoms with Crippen molar-refractivity contribution in [1.29, 1.82) is 0 Å². The van der Waals surface area contributed by atoms with Gasteiger partial charge in [-0.1, -0.05) is 25.0 Å². The van der Waals surface area contributed by atoms with E-state index in [1.807, 2.05) is 0 Å². The molecule has 2 fully saturated rings. The lowest BCUT2D eigenvalue weighted by Crippen LogP contribution is -2.60. The molecule has 2 aliphatic rings. The van der Waals surface area contributed by atoms with E-state index in [1.165, 1.54) is 41.4 Å². The number of hydrogen-bond donors (Lipinski definition) is 1. The lowest BCUT2D eigenvalue weighted by Gasteiger charge is -2.54. The van der Waals surface area contributed by atoms with Crippen molar-refractivity contribution in [3.8, 4) is 0 Å². The standard InChI is InChI=1S/C16H22INO/c1-2-19-15-11-14(16(15)9-5-6-10-16)18-13-8-4-3-7-12(13)17/h3-4,7-8,14-15,18H,2,5-6,9-11H2,1H3. The Morgan fingerprint density at radius 3 is 2.74 bits per heavy atom. The second-order valence-electron chi connectivity index (χ2n) is 5.80. The van der Waals surface area contributed by atoms with Gasteiger partial charge in [0.1, 0.15) is 0 Å². The minimum Gasteiger partial charge on any atom is -0.381 e. The summed E-state index contributed by atoms with van der Waals surface area (Å²) in [5.74, 6) is 0. The van der Waals surface area contributed by atoms with Crippen LogP contribution in [0.1, 0.15) is 39.0 Å². The first-order valence-electron chi connectivity index (χ1n) is 7.39. The first kappa shape index (κ1) is 13.7. The predicted molar refractivity (Wildman–Crippen MR) is 87.5 cm³/mol. The minimum absolute atomic E-state index is 0.412. The molecule has 104 valence electrons. The van der Waals surface area contributed by atoms with Gasteiger partial charge >= 0.3 is 0 Å². The minimum atomic E-state index is 0.412. The predicted octanol–water partition coefficient (Wildman–Crippen LogP) is 4.44. The molecule has 2 atom stereocenters. The Morgan fingerprint density at radius 1 is 1.32 bits per heavy atom. The molecule has 19 heavy (non-hydrogen) atoms. The highest BCUT2D eigenvalue weighted by Gasteiger charge is 2.56. The summed E-state index contributed by atoms with van der Waals surface area (Å²) in [4.78, 5) is 0. The van der Waals surface area contributed by atoms with E-state index in [0.717, 1.165) is 6.61 Å². The van der Waals surface area contributed by atoms with E-state index in [4.69, 9.17) is 4.74 Å². The normalized spacial score (nSPS) is 28.3. The van der Waals surface area contributed by atoms with E-state index in [-0.39, 0.29) is 0 Å². The van der Waals surface area contributed by atoms with Crippen LogP contribution in [0.4, 0.5) is 5.69 Å². The van der Waals surface area contributed by atoms with Crippen LogP contribution in [-0.4, -0.2) is 18.8 Å². The lowest BCUT2D eigenvalue weighted by atomic mass is 9.60. The van der Waals surface area contributed by atoms with Gasteiger partial charge in [0.2, 0.25) is 0 Å². The first-order chi connectivity index (χ1) is 9.26. The molecule has 0 radical (unpaired) electrons. The molecule has 1 spiro atoms. The van der Waals surface area contributed by atoms with E-state index in [0.29, 0.717) is 17.6 Å². The number of hydrogen-bond acceptors (Lipinski definition) is 2. The Kier molecular flexibility index (Phi) is 4.03. The second kappa shape index (κ2) is 5.60. The summed E-state index contributed by atoms with van der Waals surface area (Å²) in [6, 6.07) is 9.18. The zero-order valence-electron chi connectivity index (χ0n) is 11.5. The van der Waals surface area contributed by atoms with Crippen LogP contribution in [0.15, 0.2) is 24.3 Å². The molecular formula is C16H22INO. The van der Waals surface area contributed by atoms with Gasteiger partial charge in [-0.3, -0.25) is 0 Å². The monoisotopic (exact) mass is 371 g/mol. The van der Waals surface area contributed by atoms with Crippen LogP contribution >= 0.6 is 22.6 Å². The quantitative estimate of drug-likeness (QED) is 0.791. The molecule has 2 unspecified atom stereocenters. The summed E-state index contributed by atoms with van der Waals surface area (Å²) in [6.45, 7) is 2.96. The van der Waals surface area contributed by atoms with Crippen LogP contribution in [0.2, 0.25) is 0 Å². The molecule has 3 rings (SSSR count). The second-order valence-corrected chi connectivity index (χ2v) is 6.96. The van der Waals surface area contributed by atoms with Crippen LogP contribution in [0.5, 0.6) is 0 Å². The molecule has 0 bridgehead atoms. The van der Waals surface area contributed by atoms with E-state index >= 15 is 0 Å². The van der Waals surface area contributed by atoms with Crippen molar-refractivity contribution in [2.45, 2.75) is 51.2 Å². The molecule has 3 heteroatoms. The van der Waals surface area contributed by atoms with Crippen molar-refractivity contribution in [1.82, 2.24) is 0 Å².